The van der Waals surface area contributed by atoms with Gasteiger partial charge in [-0.3, -0.25) is 4.99 Å². The topological polar surface area (TPSA) is 58.5 Å². The Balaban J connectivity index is 0.00000400. The number of aliphatic imine (C=N–C) groups is 1. The lowest BCUT2D eigenvalue weighted by molar-refractivity contribution is 0.208. The van der Waals surface area contributed by atoms with Crippen LogP contribution in [0.4, 0.5) is 0 Å². The van der Waals surface area contributed by atoms with E-state index >= 15 is 0 Å². The smallest absolute Gasteiger partial charge is 0.191 e. The second-order valence-electron chi connectivity index (χ2n) is 4.76. The van der Waals surface area contributed by atoms with Crippen LogP contribution in [0.2, 0.25) is 0 Å². The average molecular weight is 426 g/mol. The van der Waals surface area contributed by atoms with Crippen molar-refractivity contribution in [2.45, 2.75) is 33.1 Å². The average Bonchev–Trinajstić information content (AvgIpc) is 2.88. The molecule has 0 aromatic carbocycles. The van der Waals surface area contributed by atoms with Crippen molar-refractivity contribution < 1.29 is 4.74 Å². The number of halogens is 1. The largest absolute Gasteiger partial charge is 0.383 e. The van der Waals surface area contributed by atoms with Crippen molar-refractivity contribution in [3.05, 3.63) is 16.1 Å². The molecule has 0 atom stereocenters. The molecule has 0 aliphatic carbocycles. The van der Waals surface area contributed by atoms with Gasteiger partial charge in [-0.15, -0.1) is 35.3 Å². The van der Waals surface area contributed by atoms with Gasteiger partial charge in [-0.05, 0) is 6.92 Å². The zero-order chi connectivity index (χ0) is 14.8. The van der Waals surface area contributed by atoms with Gasteiger partial charge in [0.1, 0.15) is 0 Å². The molecular formula is C14H27IN4OS. The molecule has 0 amide bonds. The lowest BCUT2D eigenvalue weighted by Crippen LogP contribution is -2.38. The van der Waals surface area contributed by atoms with Gasteiger partial charge in [-0.25, -0.2) is 4.98 Å². The maximum atomic E-state index is 5.00. The van der Waals surface area contributed by atoms with Gasteiger partial charge in [0.25, 0.3) is 0 Å². The Labute approximate surface area is 149 Å². The molecule has 1 heterocycles. The van der Waals surface area contributed by atoms with Gasteiger partial charge >= 0.3 is 0 Å². The highest BCUT2D eigenvalue weighted by atomic mass is 127. The molecule has 1 aromatic heterocycles. The normalized spacial score (nSPS) is 11.4. The maximum absolute atomic E-state index is 5.00. The highest BCUT2D eigenvalue weighted by Crippen LogP contribution is 2.19. The summed E-state index contributed by atoms with van der Waals surface area (Å²) < 4.78 is 5.00. The molecule has 0 aliphatic heterocycles. The van der Waals surface area contributed by atoms with E-state index in [9.17, 15) is 0 Å². The monoisotopic (exact) mass is 426 g/mol. The summed E-state index contributed by atoms with van der Waals surface area (Å²) in [6.45, 7) is 9.40. The number of hydrogen-bond donors (Lipinski definition) is 2. The number of rotatable bonds is 8. The number of nitrogens with zero attached hydrogens (tertiary/aromatic N) is 2. The Morgan fingerprint density at radius 3 is 2.76 bits per heavy atom. The lowest BCUT2D eigenvalue weighted by atomic mass is 10.2. The Morgan fingerprint density at radius 1 is 1.43 bits per heavy atom. The molecule has 0 saturated heterocycles. The predicted molar refractivity (Wildman–Crippen MR) is 101 cm³/mol. The number of hydrogen-bond acceptors (Lipinski definition) is 4. The second-order valence-corrected chi connectivity index (χ2v) is 5.65. The van der Waals surface area contributed by atoms with E-state index in [-0.39, 0.29) is 24.0 Å². The Kier molecular flexibility index (Phi) is 11.9. The van der Waals surface area contributed by atoms with E-state index in [1.165, 1.54) is 5.01 Å². The van der Waals surface area contributed by atoms with Gasteiger partial charge in [-0.1, -0.05) is 13.8 Å². The van der Waals surface area contributed by atoms with E-state index in [1.54, 1.807) is 18.4 Å². The summed E-state index contributed by atoms with van der Waals surface area (Å²) in [5.41, 5.74) is 1.15. The summed E-state index contributed by atoms with van der Waals surface area (Å²) in [6.07, 6.45) is 0.915. The summed E-state index contributed by atoms with van der Waals surface area (Å²) in [4.78, 5) is 9.05. The first-order chi connectivity index (χ1) is 9.67. The van der Waals surface area contributed by atoms with Crippen LogP contribution in [0.1, 0.15) is 37.4 Å². The summed E-state index contributed by atoms with van der Waals surface area (Å²) in [5.74, 6) is 1.35. The summed E-state index contributed by atoms with van der Waals surface area (Å²) in [6, 6.07) is 0. The standard InChI is InChI=1S/C14H26N4OS.HI/c1-5-15-14(17-8-9-19-4)16-7-6-12-10-20-13(18-12)11(2)3;/h10-11H,5-9H2,1-4H3,(H2,15,16,17);1H. The van der Waals surface area contributed by atoms with Crippen LogP contribution in [-0.2, 0) is 11.2 Å². The SMILES string of the molecule is CCNC(=NCCOC)NCCc1csc(C(C)C)n1.I. The van der Waals surface area contributed by atoms with Crippen LogP contribution in [0, 0.1) is 0 Å². The number of guanidine groups is 1. The highest BCUT2D eigenvalue weighted by molar-refractivity contribution is 14.0. The van der Waals surface area contributed by atoms with Crippen molar-refractivity contribution in [2.75, 3.05) is 33.4 Å². The van der Waals surface area contributed by atoms with Gasteiger partial charge in [0, 0.05) is 37.9 Å². The molecule has 0 unspecified atom stereocenters. The van der Waals surface area contributed by atoms with Gasteiger partial charge < -0.3 is 15.4 Å². The Morgan fingerprint density at radius 2 is 2.19 bits per heavy atom. The van der Waals surface area contributed by atoms with Crippen molar-refractivity contribution in [3.8, 4) is 0 Å². The molecule has 1 rings (SSSR count). The third-order valence-corrected chi connectivity index (χ3v) is 3.84. The fourth-order valence-corrected chi connectivity index (χ4v) is 2.47. The summed E-state index contributed by atoms with van der Waals surface area (Å²) in [7, 11) is 1.68. The third kappa shape index (κ3) is 8.57. The minimum absolute atomic E-state index is 0. The molecule has 0 saturated carbocycles. The minimum Gasteiger partial charge on any atom is -0.383 e. The third-order valence-electron chi connectivity index (χ3n) is 2.65. The van der Waals surface area contributed by atoms with Crippen LogP contribution in [-0.4, -0.2) is 44.3 Å². The molecular weight excluding hydrogens is 399 g/mol. The zero-order valence-corrected chi connectivity index (χ0v) is 16.5. The quantitative estimate of drug-likeness (QED) is 0.291. The lowest BCUT2D eigenvalue weighted by Gasteiger charge is -2.10. The van der Waals surface area contributed by atoms with Gasteiger partial charge in [0.2, 0.25) is 0 Å². The molecule has 0 fully saturated rings. The molecule has 122 valence electrons. The molecule has 1 aromatic rings. The van der Waals surface area contributed by atoms with Crippen molar-refractivity contribution in [2.24, 2.45) is 4.99 Å². The van der Waals surface area contributed by atoms with Gasteiger partial charge in [-0.2, -0.15) is 0 Å². The molecule has 0 aliphatic rings. The zero-order valence-electron chi connectivity index (χ0n) is 13.3. The Hall–Kier alpha value is -0.410. The fourth-order valence-electron chi connectivity index (χ4n) is 1.60. The maximum Gasteiger partial charge on any atom is 0.191 e. The number of aromatic nitrogens is 1. The molecule has 5 nitrogen and oxygen atoms in total. The van der Waals surface area contributed by atoms with Crippen LogP contribution >= 0.6 is 35.3 Å². The van der Waals surface area contributed by atoms with Crippen molar-refractivity contribution in [1.29, 1.82) is 0 Å². The summed E-state index contributed by atoms with van der Waals surface area (Å²) in [5, 5.41) is 9.89. The van der Waals surface area contributed by atoms with Crippen molar-refractivity contribution in [3.63, 3.8) is 0 Å². The summed E-state index contributed by atoms with van der Waals surface area (Å²) >= 11 is 1.74. The van der Waals surface area contributed by atoms with E-state index < -0.39 is 0 Å². The van der Waals surface area contributed by atoms with Crippen LogP contribution in [0.25, 0.3) is 0 Å². The highest BCUT2D eigenvalue weighted by Gasteiger charge is 2.05. The van der Waals surface area contributed by atoms with Crippen molar-refractivity contribution in [1.82, 2.24) is 15.6 Å². The molecule has 2 N–H and O–H groups in total. The van der Waals surface area contributed by atoms with Crippen LogP contribution < -0.4 is 10.6 Å². The predicted octanol–water partition coefficient (Wildman–Crippen LogP) is 2.63. The van der Waals surface area contributed by atoms with E-state index in [0.29, 0.717) is 19.1 Å². The fraction of sp³-hybridized carbons (Fsp3) is 0.714. The minimum atomic E-state index is 0. The molecule has 7 heteroatoms. The van der Waals surface area contributed by atoms with E-state index in [0.717, 1.165) is 31.2 Å². The Bertz CT molecular complexity index is 409. The van der Waals surface area contributed by atoms with Gasteiger partial charge in [0.15, 0.2) is 5.96 Å². The first-order valence-electron chi connectivity index (χ1n) is 7.12. The van der Waals surface area contributed by atoms with E-state index in [2.05, 4.69) is 46.8 Å². The van der Waals surface area contributed by atoms with Crippen LogP contribution in [0.3, 0.4) is 0 Å². The molecule has 0 spiro atoms. The van der Waals surface area contributed by atoms with Gasteiger partial charge in [0.05, 0.1) is 23.9 Å². The van der Waals surface area contributed by atoms with Crippen molar-refractivity contribution >= 4 is 41.3 Å². The number of methoxy groups -OCH3 is 1. The van der Waals surface area contributed by atoms with Crippen LogP contribution in [0.5, 0.6) is 0 Å². The second kappa shape index (κ2) is 12.2. The molecule has 0 radical (unpaired) electrons. The first-order valence-corrected chi connectivity index (χ1v) is 8.00. The number of ether oxygens (including phenoxy) is 1. The van der Waals surface area contributed by atoms with Crippen LogP contribution in [0.15, 0.2) is 10.4 Å². The first kappa shape index (κ1) is 20.6. The van der Waals surface area contributed by atoms with E-state index in [1.807, 2.05) is 0 Å². The number of nitrogens with one attached hydrogen (secondary N) is 2. The number of thiazole rings is 1. The molecule has 0 bridgehead atoms. The molecule has 21 heavy (non-hydrogen) atoms. The van der Waals surface area contributed by atoms with E-state index in [4.69, 9.17) is 4.74 Å².